The molecule has 33 heavy (non-hydrogen) atoms. The van der Waals surface area contributed by atoms with Crippen LogP contribution in [0.15, 0.2) is 77.7 Å². The number of benzene rings is 3. The quantitative estimate of drug-likeness (QED) is 0.565. The zero-order chi connectivity index (χ0) is 23.4. The highest BCUT2D eigenvalue weighted by molar-refractivity contribution is 7.89. The van der Waals surface area contributed by atoms with Gasteiger partial charge in [-0.1, -0.05) is 54.6 Å². The Labute approximate surface area is 195 Å². The number of aryl methyl sites for hydroxylation is 1. The molecule has 0 aliphatic carbocycles. The van der Waals surface area contributed by atoms with Crippen molar-refractivity contribution in [2.75, 3.05) is 20.2 Å². The molecule has 4 rings (SSSR count). The minimum Gasteiger partial charge on any atom is -0.496 e. The van der Waals surface area contributed by atoms with Gasteiger partial charge in [-0.05, 0) is 54.7 Å². The number of carbonyl (C=O) groups is 1. The van der Waals surface area contributed by atoms with Crippen LogP contribution >= 0.6 is 0 Å². The van der Waals surface area contributed by atoms with Gasteiger partial charge in [0.05, 0.1) is 23.6 Å². The van der Waals surface area contributed by atoms with Gasteiger partial charge in [0.1, 0.15) is 5.75 Å². The van der Waals surface area contributed by atoms with E-state index < -0.39 is 22.0 Å². The van der Waals surface area contributed by atoms with E-state index in [-0.39, 0.29) is 10.5 Å². The summed E-state index contributed by atoms with van der Waals surface area (Å²) in [5.41, 5.74) is 3.13. The maximum Gasteiger partial charge on any atom is 0.255 e. The molecule has 1 atom stereocenters. The molecule has 0 radical (unpaired) electrons. The first-order valence-corrected chi connectivity index (χ1v) is 12.5. The number of sulfonamides is 1. The second-order valence-corrected chi connectivity index (χ2v) is 10.1. The Morgan fingerprint density at radius 1 is 0.970 bits per heavy atom. The fourth-order valence-electron chi connectivity index (χ4n) is 4.21. The van der Waals surface area contributed by atoms with Crippen LogP contribution in [0.4, 0.5) is 0 Å². The van der Waals surface area contributed by atoms with E-state index in [2.05, 4.69) is 5.32 Å². The van der Waals surface area contributed by atoms with Crippen LogP contribution in [0.1, 0.15) is 45.9 Å². The summed E-state index contributed by atoms with van der Waals surface area (Å²) in [7, 11) is -2.19. The standard InChI is InChI=1S/C26H28N2O4S/c1-19-10-6-7-13-22(19)25(20-11-4-3-5-12-20)27-26(29)23-18-21(14-15-24(23)32-2)33(30,31)28-16-8-9-17-28/h3-7,10-15,18,25H,8-9,16-17H2,1-2H3,(H,27,29)/t25-/m1/s1. The van der Waals surface area contributed by atoms with Crippen molar-refractivity contribution in [3.8, 4) is 5.75 Å². The SMILES string of the molecule is COc1ccc(S(=O)(=O)N2CCCC2)cc1C(=O)N[C@H](c1ccccc1)c1ccccc1C. The van der Waals surface area contributed by atoms with E-state index >= 15 is 0 Å². The van der Waals surface area contributed by atoms with Gasteiger partial charge in [0.2, 0.25) is 10.0 Å². The van der Waals surface area contributed by atoms with E-state index in [9.17, 15) is 13.2 Å². The molecule has 1 amide bonds. The lowest BCUT2D eigenvalue weighted by Crippen LogP contribution is -2.31. The van der Waals surface area contributed by atoms with Crippen LogP contribution < -0.4 is 10.1 Å². The van der Waals surface area contributed by atoms with E-state index in [1.807, 2.05) is 61.5 Å². The first-order chi connectivity index (χ1) is 15.9. The van der Waals surface area contributed by atoms with Crippen molar-refractivity contribution >= 4 is 15.9 Å². The Balaban J connectivity index is 1.72. The number of carbonyl (C=O) groups excluding carboxylic acids is 1. The van der Waals surface area contributed by atoms with Crippen molar-refractivity contribution in [2.45, 2.75) is 30.7 Å². The second-order valence-electron chi connectivity index (χ2n) is 8.15. The molecule has 1 N–H and O–H groups in total. The zero-order valence-electron chi connectivity index (χ0n) is 18.8. The van der Waals surface area contributed by atoms with Crippen LogP contribution in [0.25, 0.3) is 0 Å². The van der Waals surface area contributed by atoms with Gasteiger partial charge < -0.3 is 10.1 Å². The zero-order valence-corrected chi connectivity index (χ0v) is 19.6. The molecule has 1 saturated heterocycles. The van der Waals surface area contributed by atoms with Crippen molar-refractivity contribution in [1.82, 2.24) is 9.62 Å². The molecule has 0 aromatic heterocycles. The lowest BCUT2D eigenvalue weighted by Gasteiger charge is -2.23. The van der Waals surface area contributed by atoms with Crippen molar-refractivity contribution in [1.29, 1.82) is 0 Å². The van der Waals surface area contributed by atoms with Gasteiger partial charge in [-0.15, -0.1) is 0 Å². The molecule has 7 heteroatoms. The molecule has 0 spiro atoms. The monoisotopic (exact) mass is 464 g/mol. The number of hydrogen-bond donors (Lipinski definition) is 1. The lowest BCUT2D eigenvalue weighted by molar-refractivity contribution is 0.0939. The average molecular weight is 465 g/mol. The van der Waals surface area contributed by atoms with Crippen LogP contribution in [-0.2, 0) is 10.0 Å². The minimum absolute atomic E-state index is 0.0995. The Kier molecular flexibility index (Phi) is 6.81. The third-order valence-electron chi connectivity index (χ3n) is 6.03. The highest BCUT2D eigenvalue weighted by atomic mass is 32.2. The normalized spacial score (nSPS) is 15.2. The van der Waals surface area contributed by atoms with Crippen molar-refractivity contribution in [3.05, 3.63) is 95.1 Å². The number of methoxy groups -OCH3 is 1. The highest BCUT2D eigenvalue weighted by Crippen LogP contribution is 2.29. The van der Waals surface area contributed by atoms with Gasteiger partial charge in [0, 0.05) is 13.1 Å². The topological polar surface area (TPSA) is 75.7 Å². The highest BCUT2D eigenvalue weighted by Gasteiger charge is 2.29. The summed E-state index contributed by atoms with van der Waals surface area (Å²) in [5, 5.41) is 3.10. The molecule has 3 aromatic carbocycles. The molecule has 1 heterocycles. The molecule has 1 aliphatic heterocycles. The maximum absolute atomic E-state index is 13.5. The Morgan fingerprint density at radius 3 is 2.30 bits per heavy atom. The maximum atomic E-state index is 13.5. The number of hydrogen-bond acceptors (Lipinski definition) is 4. The summed E-state index contributed by atoms with van der Waals surface area (Å²) in [6.45, 7) is 3.00. The van der Waals surface area contributed by atoms with E-state index in [4.69, 9.17) is 4.74 Å². The summed E-state index contributed by atoms with van der Waals surface area (Å²) in [5.74, 6) is -0.0769. The molecular formula is C26H28N2O4S. The van der Waals surface area contributed by atoms with Gasteiger partial charge in [-0.25, -0.2) is 8.42 Å². The smallest absolute Gasteiger partial charge is 0.255 e. The Hall–Kier alpha value is -3.16. The molecule has 3 aromatic rings. The second kappa shape index (κ2) is 9.77. The predicted molar refractivity (Wildman–Crippen MR) is 128 cm³/mol. The average Bonchev–Trinajstić information content (AvgIpc) is 3.39. The molecule has 6 nitrogen and oxygen atoms in total. The molecule has 1 fully saturated rings. The third kappa shape index (κ3) is 4.79. The van der Waals surface area contributed by atoms with E-state index in [0.717, 1.165) is 29.5 Å². The lowest BCUT2D eigenvalue weighted by atomic mass is 9.94. The van der Waals surface area contributed by atoms with Crippen LogP contribution in [0.3, 0.4) is 0 Å². The fourth-order valence-corrected chi connectivity index (χ4v) is 5.75. The van der Waals surface area contributed by atoms with Gasteiger partial charge in [-0.2, -0.15) is 4.31 Å². The fraction of sp³-hybridized carbons (Fsp3) is 0.269. The third-order valence-corrected chi connectivity index (χ3v) is 7.92. The molecule has 1 aliphatic rings. The first kappa shape index (κ1) is 23.0. The van der Waals surface area contributed by atoms with Crippen LogP contribution in [0, 0.1) is 6.92 Å². The summed E-state index contributed by atoms with van der Waals surface area (Å²) in [6.07, 6.45) is 1.69. The summed E-state index contributed by atoms with van der Waals surface area (Å²) >= 11 is 0. The number of nitrogens with zero attached hydrogens (tertiary/aromatic N) is 1. The van der Waals surface area contributed by atoms with Crippen LogP contribution in [-0.4, -0.2) is 38.8 Å². The van der Waals surface area contributed by atoms with Crippen molar-refractivity contribution in [3.63, 3.8) is 0 Å². The minimum atomic E-state index is -3.66. The largest absolute Gasteiger partial charge is 0.496 e. The number of rotatable bonds is 7. The van der Waals surface area contributed by atoms with E-state index in [1.165, 1.54) is 23.5 Å². The van der Waals surface area contributed by atoms with Gasteiger partial charge in [0.15, 0.2) is 0 Å². The van der Waals surface area contributed by atoms with Crippen molar-refractivity contribution in [2.24, 2.45) is 0 Å². The van der Waals surface area contributed by atoms with Gasteiger partial charge in [0.25, 0.3) is 5.91 Å². The number of nitrogens with one attached hydrogen (secondary N) is 1. The van der Waals surface area contributed by atoms with E-state index in [1.54, 1.807) is 6.07 Å². The van der Waals surface area contributed by atoms with Crippen molar-refractivity contribution < 1.29 is 17.9 Å². The first-order valence-electron chi connectivity index (χ1n) is 11.0. The predicted octanol–water partition coefficient (Wildman–Crippen LogP) is 4.31. The van der Waals surface area contributed by atoms with Crippen LogP contribution in [0.2, 0.25) is 0 Å². The Morgan fingerprint density at radius 2 is 1.64 bits per heavy atom. The van der Waals surface area contributed by atoms with Gasteiger partial charge in [-0.3, -0.25) is 4.79 Å². The van der Waals surface area contributed by atoms with E-state index in [0.29, 0.717) is 18.8 Å². The molecule has 172 valence electrons. The Bertz CT molecular complexity index is 1240. The number of ether oxygens (including phenoxy) is 1. The van der Waals surface area contributed by atoms with Crippen LogP contribution in [0.5, 0.6) is 5.75 Å². The molecule has 0 bridgehead atoms. The summed E-state index contributed by atoms with van der Waals surface area (Å²) in [6, 6.07) is 21.6. The molecule has 0 saturated carbocycles. The molecular weight excluding hydrogens is 436 g/mol. The molecule has 0 unspecified atom stereocenters. The summed E-state index contributed by atoms with van der Waals surface area (Å²) < 4.78 is 33.0. The summed E-state index contributed by atoms with van der Waals surface area (Å²) in [4.78, 5) is 13.6. The van der Waals surface area contributed by atoms with Gasteiger partial charge >= 0.3 is 0 Å². The number of amides is 1.